The first-order valence-electron chi connectivity index (χ1n) is 16.4. The monoisotopic (exact) mass is 587 g/mol. The molecule has 6 rings (SSSR count). The minimum absolute atomic E-state index is 0.139. The van der Waals surface area contributed by atoms with Gasteiger partial charge in [0, 0.05) is 18.7 Å². The number of allylic oxidation sites excluding steroid dienone is 14. The van der Waals surface area contributed by atoms with Crippen molar-refractivity contribution < 1.29 is 0 Å². The lowest BCUT2D eigenvalue weighted by Gasteiger charge is -2.36. The quantitative estimate of drug-likeness (QED) is 0.194. The lowest BCUT2D eigenvalue weighted by atomic mass is 9.65. The summed E-state index contributed by atoms with van der Waals surface area (Å²) in [6, 6.07) is 23.1. The predicted octanol–water partition coefficient (Wildman–Crippen LogP) is 11.3. The van der Waals surface area contributed by atoms with E-state index in [0.717, 1.165) is 19.3 Å². The zero-order chi connectivity index (χ0) is 31.6. The Balaban J connectivity index is 1.65. The standard InChI is InChI=1S/C44H45N/c1-7-11-28-43(5)38(19-9-3)34(10-4)36-27-26-31(29-41(36)43)35-23-17-25-40-42(35)37-22-15-16-24-39(37)44(40,32-20-13-12-14-21-32)33(18-8-2)30-45-6/h7-11,13,15-27,29-30,45H,4,12,14,28H2,1-3,5-6H3/b11-7-,18-8-,19-9-,33-30+. The summed E-state index contributed by atoms with van der Waals surface area (Å²) in [5.41, 5.74) is 15.2. The van der Waals surface area contributed by atoms with E-state index in [2.05, 4.69) is 161 Å². The van der Waals surface area contributed by atoms with Gasteiger partial charge < -0.3 is 5.32 Å². The normalized spacial score (nSPS) is 22.3. The van der Waals surface area contributed by atoms with E-state index in [1.807, 2.05) is 13.1 Å². The Morgan fingerprint density at radius 2 is 1.67 bits per heavy atom. The molecule has 2 atom stereocenters. The zero-order valence-electron chi connectivity index (χ0n) is 27.5. The first kappa shape index (κ1) is 30.4. The van der Waals surface area contributed by atoms with Crippen molar-refractivity contribution in [3.63, 3.8) is 0 Å². The average Bonchev–Trinajstić information content (AvgIpc) is 3.51. The third kappa shape index (κ3) is 4.60. The maximum Gasteiger partial charge on any atom is 0.0724 e. The van der Waals surface area contributed by atoms with Crippen LogP contribution in [0.25, 0.3) is 27.8 Å². The smallest absolute Gasteiger partial charge is 0.0724 e. The highest BCUT2D eigenvalue weighted by molar-refractivity contribution is 5.97. The van der Waals surface area contributed by atoms with Crippen LogP contribution >= 0.6 is 0 Å². The molecule has 2 unspecified atom stereocenters. The van der Waals surface area contributed by atoms with Crippen molar-refractivity contribution in [2.24, 2.45) is 0 Å². The van der Waals surface area contributed by atoms with Gasteiger partial charge in [0.2, 0.25) is 0 Å². The Kier molecular flexibility index (Phi) is 8.38. The van der Waals surface area contributed by atoms with Crippen molar-refractivity contribution in [3.05, 3.63) is 173 Å². The topological polar surface area (TPSA) is 12.0 Å². The van der Waals surface area contributed by atoms with E-state index < -0.39 is 5.41 Å². The van der Waals surface area contributed by atoms with Gasteiger partial charge in [-0.15, -0.1) is 0 Å². The molecule has 0 saturated heterocycles. The SMILES string of the molecule is C=CC1=C(/C=C\C)C(C)(C/C=C\C)c2cc(-c3cccc4c3-c3ccccc3C4(C3=CCCC=C3)C(/C=C\C)=C/NC)ccc21. The highest BCUT2D eigenvalue weighted by Gasteiger charge is 2.48. The second kappa shape index (κ2) is 12.4. The number of nitrogens with one attached hydrogen (secondary N) is 1. The lowest BCUT2D eigenvalue weighted by Crippen LogP contribution is -2.31. The molecule has 3 aliphatic carbocycles. The van der Waals surface area contributed by atoms with Gasteiger partial charge in [0.15, 0.2) is 0 Å². The van der Waals surface area contributed by atoms with Crippen LogP contribution < -0.4 is 5.32 Å². The third-order valence-electron chi connectivity index (χ3n) is 9.98. The maximum absolute atomic E-state index is 4.24. The van der Waals surface area contributed by atoms with Gasteiger partial charge in [-0.2, -0.15) is 0 Å². The number of fused-ring (bicyclic) bond motifs is 4. The summed E-state index contributed by atoms with van der Waals surface area (Å²) in [5, 5.41) is 3.39. The molecular weight excluding hydrogens is 542 g/mol. The van der Waals surface area contributed by atoms with Crippen molar-refractivity contribution in [2.75, 3.05) is 7.05 Å². The van der Waals surface area contributed by atoms with Gasteiger partial charge in [0.1, 0.15) is 0 Å². The van der Waals surface area contributed by atoms with Crippen LogP contribution in [0.2, 0.25) is 0 Å². The van der Waals surface area contributed by atoms with E-state index >= 15 is 0 Å². The fourth-order valence-electron chi connectivity index (χ4n) is 8.09. The van der Waals surface area contributed by atoms with Gasteiger partial charge in [-0.1, -0.05) is 129 Å². The molecule has 0 aromatic heterocycles. The van der Waals surface area contributed by atoms with E-state index in [9.17, 15) is 0 Å². The fourth-order valence-corrected chi connectivity index (χ4v) is 8.09. The van der Waals surface area contributed by atoms with Crippen LogP contribution in [0, 0.1) is 0 Å². The van der Waals surface area contributed by atoms with Crippen molar-refractivity contribution in [1.82, 2.24) is 5.32 Å². The molecule has 0 bridgehead atoms. The molecule has 3 aliphatic rings. The Morgan fingerprint density at radius 1 is 0.867 bits per heavy atom. The lowest BCUT2D eigenvalue weighted by molar-refractivity contribution is 0.591. The molecule has 1 nitrogen and oxygen atoms in total. The molecule has 1 N–H and O–H groups in total. The number of hydrogen-bond donors (Lipinski definition) is 1. The molecule has 0 radical (unpaired) electrons. The van der Waals surface area contributed by atoms with Crippen molar-refractivity contribution in [3.8, 4) is 22.3 Å². The Morgan fingerprint density at radius 3 is 2.38 bits per heavy atom. The highest BCUT2D eigenvalue weighted by Crippen LogP contribution is 2.60. The van der Waals surface area contributed by atoms with E-state index in [0.29, 0.717) is 0 Å². The second-order valence-electron chi connectivity index (χ2n) is 12.4. The summed E-state index contributed by atoms with van der Waals surface area (Å²) in [5.74, 6) is 0. The Hall–Kier alpha value is -4.62. The van der Waals surface area contributed by atoms with Crippen LogP contribution in [0.5, 0.6) is 0 Å². The van der Waals surface area contributed by atoms with E-state index in [-0.39, 0.29) is 5.41 Å². The van der Waals surface area contributed by atoms with Gasteiger partial charge in [0.05, 0.1) is 5.41 Å². The van der Waals surface area contributed by atoms with Crippen LogP contribution in [0.15, 0.2) is 151 Å². The molecule has 0 aliphatic heterocycles. The number of hydrogen-bond acceptors (Lipinski definition) is 1. The minimum Gasteiger partial charge on any atom is -0.394 e. The zero-order valence-corrected chi connectivity index (χ0v) is 27.5. The minimum atomic E-state index is -0.414. The fraction of sp³-hybridized carbons (Fsp3) is 0.227. The molecular formula is C44H45N. The van der Waals surface area contributed by atoms with E-state index in [4.69, 9.17) is 0 Å². The molecule has 0 spiro atoms. The molecule has 0 fully saturated rings. The maximum atomic E-state index is 4.24. The summed E-state index contributed by atoms with van der Waals surface area (Å²) >= 11 is 0. The summed E-state index contributed by atoms with van der Waals surface area (Å²) in [7, 11) is 2.00. The molecule has 0 heterocycles. The van der Waals surface area contributed by atoms with E-state index in [1.165, 1.54) is 66.8 Å². The van der Waals surface area contributed by atoms with Gasteiger partial charge in [0.25, 0.3) is 0 Å². The second-order valence-corrected chi connectivity index (χ2v) is 12.4. The van der Waals surface area contributed by atoms with E-state index in [1.54, 1.807) is 0 Å². The van der Waals surface area contributed by atoms with Gasteiger partial charge in [-0.3, -0.25) is 0 Å². The van der Waals surface area contributed by atoms with Crippen LogP contribution in [0.3, 0.4) is 0 Å². The van der Waals surface area contributed by atoms with Crippen LogP contribution in [-0.4, -0.2) is 7.05 Å². The molecule has 0 saturated carbocycles. The van der Waals surface area contributed by atoms with Crippen molar-refractivity contribution >= 4 is 5.57 Å². The van der Waals surface area contributed by atoms with Crippen LogP contribution in [-0.2, 0) is 10.8 Å². The summed E-state index contributed by atoms with van der Waals surface area (Å²) < 4.78 is 0. The molecule has 45 heavy (non-hydrogen) atoms. The average molecular weight is 588 g/mol. The molecule has 3 aromatic rings. The summed E-state index contributed by atoms with van der Waals surface area (Å²) in [6.45, 7) is 13.0. The number of benzene rings is 3. The van der Waals surface area contributed by atoms with Gasteiger partial charge >= 0.3 is 0 Å². The summed E-state index contributed by atoms with van der Waals surface area (Å²) in [6.07, 6.45) is 27.8. The first-order valence-corrected chi connectivity index (χ1v) is 16.4. The molecule has 226 valence electrons. The molecule has 3 aromatic carbocycles. The van der Waals surface area contributed by atoms with Gasteiger partial charge in [-0.05, 0) is 113 Å². The summed E-state index contributed by atoms with van der Waals surface area (Å²) in [4.78, 5) is 0. The highest BCUT2D eigenvalue weighted by atomic mass is 14.8. The largest absolute Gasteiger partial charge is 0.394 e. The molecule has 0 amide bonds. The predicted molar refractivity (Wildman–Crippen MR) is 195 cm³/mol. The number of rotatable bonds is 9. The van der Waals surface area contributed by atoms with Crippen molar-refractivity contribution in [1.29, 1.82) is 0 Å². The molecule has 1 heteroatoms. The van der Waals surface area contributed by atoms with Crippen LogP contribution in [0.4, 0.5) is 0 Å². The first-order chi connectivity index (χ1) is 22.0. The third-order valence-corrected chi connectivity index (χ3v) is 9.98. The Bertz CT molecular complexity index is 1870. The van der Waals surface area contributed by atoms with Crippen molar-refractivity contribution in [2.45, 2.75) is 57.8 Å². The van der Waals surface area contributed by atoms with Crippen LogP contribution in [0.1, 0.15) is 69.2 Å². The Labute approximate surface area is 270 Å². The van der Waals surface area contributed by atoms with Gasteiger partial charge in [-0.25, -0.2) is 0 Å².